The number of hydrogen-bond acceptors (Lipinski definition) is 11. The van der Waals surface area contributed by atoms with Gasteiger partial charge in [0.1, 0.15) is 29.4 Å². The Bertz CT molecular complexity index is 2060. The summed E-state index contributed by atoms with van der Waals surface area (Å²) in [5.41, 5.74) is 2.43. The van der Waals surface area contributed by atoms with Crippen LogP contribution >= 0.6 is 7.82 Å². The monoisotopic (exact) mass is 757 g/mol. The van der Waals surface area contributed by atoms with Gasteiger partial charge >= 0.3 is 19.9 Å². The van der Waals surface area contributed by atoms with E-state index in [1.54, 1.807) is 57.8 Å². The van der Waals surface area contributed by atoms with E-state index in [0.29, 0.717) is 39.7 Å². The molecule has 0 spiro atoms. The lowest BCUT2D eigenvalue weighted by Crippen LogP contribution is -2.38. The number of carbonyl (C=O) groups excluding carboxylic acids is 2. The lowest BCUT2D eigenvalue weighted by molar-refractivity contribution is -0.149. The fourth-order valence-electron chi connectivity index (χ4n) is 6.91. The number of anilines is 2. The molecule has 286 valence electrons. The molecule has 6 rings (SSSR count). The van der Waals surface area contributed by atoms with Crippen molar-refractivity contribution in [2.24, 2.45) is 0 Å². The quantitative estimate of drug-likeness (QED) is 0.0911. The maximum atomic E-state index is 15.2. The van der Waals surface area contributed by atoms with Gasteiger partial charge in [-0.25, -0.2) is 27.9 Å². The number of ether oxygens (including phenoxy) is 3. The highest BCUT2D eigenvalue weighted by Crippen LogP contribution is 2.45. The molecule has 0 unspecified atom stereocenters. The van der Waals surface area contributed by atoms with E-state index < -0.39 is 43.5 Å². The first kappa shape index (κ1) is 38.2. The average Bonchev–Trinajstić information content (AvgIpc) is 3.33. The van der Waals surface area contributed by atoms with Crippen molar-refractivity contribution in [3.8, 4) is 5.75 Å². The maximum Gasteiger partial charge on any atom is 0.524 e. The Kier molecular flexibility index (Phi) is 10.6. The zero-order valence-electron chi connectivity index (χ0n) is 30.5. The van der Waals surface area contributed by atoms with Crippen molar-refractivity contribution < 1.29 is 47.1 Å². The Hall–Kier alpha value is -4.57. The van der Waals surface area contributed by atoms with E-state index >= 15 is 4.39 Å². The van der Waals surface area contributed by atoms with Crippen molar-refractivity contribution >= 4 is 37.0 Å². The zero-order valence-corrected chi connectivity index (χ0v) is 31.4. The van der Waals surface area contributed by atoms with Crippen molar-refractivity contribution in [1.29, 1.82) is 0 Å². The molecule has 3 atom stereocenters. The number of amides is 1. The van der Waals surface area contributed by atoms with E-state index in [0.717, 1.165) is 18.4 Å². The molecule has 0 radical (unpaired) electrons. The van der Waals surface area contributed by atoms with Gasteiger partial charge in [-0.3, -0.25) is 14.6 Å². The summed E-state index contributed by atoms with van der Waals surface area (Å²) in [6, 6.07) is 6.90. The van der Waals surface area contributed by atoms with Crippen LogP contribution in [0.25, 0.3) is 5.52 Å². The van der Waals surface area contributed by atoms with Gasteiger partial charge in [0, 0.05) is 48.0 Å². The molecule has 2 fully saturated rings. The number of rotatable bonds is 14. The normalized spacial score (nSPS) is 19.6. The zero-order chi connectivity index (χ0) is 38.3. The number of alkyl halides is 1. The molecule has 0 aliphatic heterocycles. The maximum absolute atomic E-state index is 15.2. The number of benzene rings is 1. The van der Waals surface area contributed by atoms with Crippen LogP contribution in [0.1, 0.15) is 86.9 Å². The SMILES string of the molecule is COCc1cc2c(Nc3cc([C@H]4C[C@@H](F)[C@@H](OC(=O)NC5(C)CC5)C4)nn3COC(=O)CC(C)(C)c3c(C)cc(C)cc3OP(=O)(O)O)nccn2n1. The Labute approximate surface area is 305 Å². The minimum absolute atomic E-state index is 0.0173. The first-order chi connectivity index (χ1) is 24.9. The van der Waals surface area contributed by atoms with Gasteiger partial charge in [0.15, 0.2) is 12.5 Å². The summed E-state index contributed by atoms with van der Waals surface area (Å²) in [4.78, 5) is 49.5. The topological polar surface area (TPSA) is 201 Å². The van der Waals surface area contributed by atoms with Crippen LogP contribution in [0, 0.1) is 13.8 Å². The highest BCUT2D eigenvalue weighted by atomic mass is 31.2. The molecule has 2 saturated carbocycles. The lowest BCUT2D eigenvalue weighted by atomic mass is 9.78. The standard InChI is InChI=1S/C35H45FN7O9P/c1-20-11-21(2)31(28(12-20)52-53(46,47)48)34(3,4)17-30(44)50-19-43-29(38-32-26-15-23(18-49-6)40-42(26)10-9-37-32)16-25(41-43)22-13-24(36)27(14-22)51-33(45)39-35(5)7-8-35/h9-12,15-16,22,24,27H,7-8,13-14,17-19H2,1-6H3,(H,37,38)(H,39,45)(H2,46,47,48)/t22-,24+,27-/m0/s1. The predicted octanol–water partition coefficient (Wildman–Crippen LogP) is 5.64. The number of nitrogens with zero attached hydrogens (tertiary/aromatic N) is 5. The molecule has 1 amide bonds. The number of esters is 1. The largest absolute Gasteiger partial charge is 0.524 e. The van der Waals surface area contributed by atoms with Crippen molar-refractivity contribution in [2.45, 2.75) is 109 Å². The lowest BCUT2D eigenvalue weighted by Gasteiger charge is -2.29. The van der Waals surface area contributed by atoms with Gasteiger partial charge in [-0.2, -0.15) is 10.2 Å². The molecule has 2 aliphatic carbocycles. The Morgan fingerprint density at radius 1 is 1.13 bits per heavy atom. The molecule has 53 heavy (non-hydrogen) atoms. The third-order valence-corrected chi connectivity index (χ3v) is 9.99. The molecular formula is C35H45FN7O9P. The Balaban J connectivity index is 1.23. The molecule has 1 aromatic carbocycles. The summed E-state index contributed by atoms with van der Waals surface area (Å²) in [7, 11) is -3.32. The van der Waals surface area contributed by atoms with Crippen molar-refractivity contribution in [3.63, 3.8) is 0 Å². The molecule has 4 N–H and O–H groups in total. The van der Waals surface area contributed by atoms with Crippen LogP contribution in [0.5, 0.6) is 5.75 Å². The number of aromatic nitrogens is 5. The smallest absolute Gasteiger partial charge is 0.443 e. The molecule has 18 heteroatoms. The predicted molar refractivity (Wildman–Crippen MR) is 189 cm³/mol. The van der Waals surface area contributed by atoms with Gasteiger partial charge in [0.05, 0.1) is 24.4 Å². The minimum Gasteiger partial charge on any atom is -0.443 e. The van der Waals surface area contributed by atoms with Crippen LogP contribution < -0.4 is 15.2 Å². The van der Waals surface area contributed by atoms with Crippen LogP contribution in [0.2, 0.25) is 0 Å². The van der Waals surface area contributed by atoms with E-state index in [-0.39, 0.29) is 43.9 Å². The fraction of sp³-hybridized carbons (Fsp3) is 0.514. The molecule has 16 nitrogen and oxygen atoms in total. The Morgan fingerprint density at radius 2 is 1.89 bits per heavy atom. The third kappa shape index (κ3) is 9.15. The van der Waals surface area contributed by atoms with Gasteiger partial charge in [-0.1, -0.05) is 19.9 Å². The summed E-state index contributed by atoms with van der Waals surface area (Å²) >= 11 is 0. The molecule has 3 heterocycles. The van der Waals surface area contributed by atoms with Crippen LogP contribution in [-0.2, 0) is 42.3 Å². The first-order valence-corrected chi connectivity index (χ1v) is 18.8. The van der Waals surface area contributed by atoms with E-state index in [9.17, 15) is 23.9 Å². The summed E-state index contributed by atoms with van der Waals surface area (Å²) in [5.74, 6) is -0.214. The van der Waals surface area contributed by atoms with Crippen molar-refractivity contribution in [1.82, 2.24) is 29.7 Å². The van der Waals surface area contributed by atoms with Gasteiger partial charge in [-0.05, 0) is 69.7 Å². The highest BCUT2D eigenvalue weighted by molar-refractivity contribution is 7.46. The summed E-state index contributed by atoms with van der Waals surface area (Å²) in [5, 5.41) is 15.3. The van der Waals surface area contributed by atoms with Crippen LogP contribution in [0.4, 0.5) is 20.8 Å². The molecule has 0 bridgehead atoms. The highest BCUT2D eigenvalue weighted by Gasteiger charge is 2.43. The number of aryl methyl sites for hydroxylation is 2. The summed E-state index contributed by atoms with van der Waals surface area (Å²) in [6.07, 6.45) is 2.07. The summed E-state index contributed by atoms with van der Waals surface area (Å²) in [6.45, 7) is 8.92. The van der Waals surface area contributed by atoms with Crippen molar-refractivity contribution in [2.75, 3.05) is 12.4 Å². The van der Waals surface area contributed by atoms with E-state index in [2.05, 4.69) is 20.7 Å². The molecular weight excluding hydrogens is 712 g/mol. The average molecular weight is 758 g/mol. The van der Waals surface area contributed by atoms with Gasteiger partial charge in [0.25, 0.3) is 0 Å². The Morgan fingerprint density at radius 3 is 2.58 bits per heavy atom. The number of methoxy groups -OCH3 is 1. The van der Waals surface area contributed by atoms with Gasteiger partial charge < -0.3 is 29.4 Å². The van der Waals surface area contributed by atoms with Crippen LogP contribution in [-0.4, -0.2) is 71.2 Å². The van der Waals surface area contributed by atoms with Crippen LogP contribution in [0.3, 0.4) is 0 Å². The fourth-order valence-corrected chi connectivity index (χ4v) is 7.31. The second kappa shape index (κ2) is 14.7. The number of nitrogens with one attached hydrogen (secondary N) is 2. The van der Waals surface area contributed by atoms with E-state index in [4.69, 9.17) is 23.8 Å². The number of fused-ring (bicyclic) bond motifs is 1. The molecule has 4 aromatic rings. The van der Waals surface area contributed by atoms with Gasteiger partial charge in [-0.15, -0.1) is 0 Å². The second-order valence-corrected chi connectivity index (χ2v) is 16.0. The third-order valence-electron chi connectivity index (χ3n) is 9.56. The van der Waals surface area contributed by atoms with E-state index in [1.807, 2.05) is 19.1 Å². The number of phosphoric ester groups is 1. The van der Waals surface area contributed by atoms with Crippen LogP contribution in [0.15, 0.2) is 36.7 Å². The molecule has 2 aliphatic rings. The summed E-state index contributed by atoms with van der Waals surface area (Å²) < 4.78 is 51.6. The minimum atomic E-state index is -4.89. The number of phosphoric acid groups is 1. The second-order valence-electron chi connectivity index (χ2n) is 14.8. The molecule has 0 saturated heterocycles. The molecule has 3 aromatic heterocycles. The number of halogens is 1. The number of hydrogen-bond donors (Lipinski definition) is 4. The van der Waals surface area contributed by atoms with Crippen molar-refractivity contribution in [3.05, 3.63) is 64.7 Å². The van der Waals surface area contributed by atoms with Gasteiger partial charge in [0.2, 0.25) is 0 Å². The first-order valence-electron chi connectivity index (χ1n) is 17.2. The number of carbonyl (C=O) groups is 2. The number of alkyl carbamates (subject to hydrolysis) is 1. The van der Waals surface area contributed by atoms with E-state index in [1.165, 1.54) is 10.7 Å².